The molecule has 25 nitrogen and oxygen atoms in total. The number of rotatable bonds is 18. The molecule has 2 fully saturated rings. The number of amides is 12. The summed E-state index contributed by atoms with van der Waals surface area (Å²) in [7, 11) is 1.95. The zero-order valence-corrected chi connectivity index (χ0v) is 42.5. The Bertz CT molecular complexity index is 2170. The van der Waals surface area contributed by atoms with Crippen LogP contribution in [0.4, 0.5) is 0 Å². The molecule has 27 heteroatoms. The maximum Gasteiger partial charge on any atom is 0.246 e. The molecule has 0 aliphatic carbocycles. The van der Waals surface area contributed by atoms with E-state index in [2.05, 4.69) is 42.5 Å². The van der Waals surface area contributed by atoms with Crippen LogP contribution in [0.3, 0.4) is 0 Å². The van der Waals surface area contributed by atoms with Crippen LogP contribution in [0.1, 0.15) is 85.1 Å². The lowest BCUT2D eigenvalue weighted by Crippen LogP contribution is -2.62. The molecular weight excluding hydrogens is 981 g/mol. The summed E-state index contributed by atoms with van der Waals surface area (Å²) in [6.45, 7) is 7.68. The van der Waals surface area contributed by atoms with Crippen molar-refractivity contribution in [2.75, 3.05) is 24.6 Å². The van der Waals surface area contributed by atoms with Crippen molar-refractivity contribution >= 4 is 92.5 Å². The van der Waals surface area contributed by atoms with Crippen molar-refractivity contribution in [2.24, 2.45) is 29.0 Å². The average molecular weight is 1050 g/mol. The van der Waals surface area contributed by atoms with Crippen LogP contribution in [0.25, 0.3) is 0 Å². The number of aromatic hydroxyl groups is 1. The Morgan fingerprint density at radius 3 is 1.99 bits per heavy atom. The Hall–Kier alpha value is -6.64. The highest BCUT2D eigenvalue weighted by atomic mass is 33.1. The molecule has 2 aliphatic rings. The summed E-state index contributed by atoms with van der Waals surface area (Å²) in [4.78, 5) is 162. The molecule has 12 amide bonds. The molecule has 15 N–H and O–H groups in total. The minimum atomic E-state index is -1.78. The van der Waals surface area contributed by atoms with Gasteiger partial charge in [-0.15, -0.1) is 0 Å². The maximum absolute atomic E-state index is 14.6. The Morgan fingerprint density at radius 2 is 1.39 bits per heavy atom. The monoisotopic (exact) mass is 1050 g/mol. The number of phenols is 1. The van der Waals surface area contributed by atoms with Gasteiger partial charge in [-0.2, -0.15) is 0 Å². The van der Waals surface area contributed by atoms with E-state index in [1.165, 1.54) is 36.1 Å². The van der Waals surface area contributed by atoms with Crippen LogP contribution in [-0.2, 0) is 64.0 Å². The van der Waals surface area contributed by atoms with E-state index in [0.29, 0.717) is 18.4 Å². The van der Waals surface area contributed by atoms with Crippen molar-refractivity contribution in [1.82, 2.24) is 47.4 Å². The Labute approximate surface area is 424 Å². The SMILES string of the molecule is CCC(C)C1NC(=O)C(Cc2ccc(O)cc2)NC(=O)C(NC(C)=O)CSSCC(C(=O)N2CCCC2C(=O)NC(CC(C)C)C(=O)NCC(N)=O)NC(=O)C(CC(N)=O)NC(=O)C(CCC(N)=O)NC1=O. The summed E-state index contributed by atoms with van der Waals surface area (Å²) in [6.07, 6.45) is -0.906. The zero-order valence-electron chi connectivity index (χ0n) is 40.9. The van der Waals surface area contributed by atoms with Gasteiger partial charge in [-0.3, -0.25) is 57.5 Å². The third kappa shape index (κ3) is 19.5. The number of hydrogen-bond donors (Lipinski definition) is 12. The quantitative estimate of drug-likeness (QED) is 0.0637. The van der Waals surface area contributed by atoms with Gasteiger partial charge >= 0.3 is 0 Å². The highest BCUT2D eigenvalue weighted by Gasteiger charge is 2.41. The standard InChI is InChI=1S/C45H68N12O13S2/c1-6-23(4)37-44(69)51-27(13-14-34(46)60)39(64)53-30(18-35(47)61)40(65)55-32(45(70)57-15-7-8-33(57)43(68)54-28(16-22(2)3)38(63)49-19-36(48)62)21-72-71-20-31(50-24(5)58)42(67)52-29(41(66)56-37)17-25-9-11-26(59)12-10-25/h9-12,22-23,27-33,37,59H,6-8,13-21H2,1-5H3,(H2,46,60)(H2,47,61)(H2,48,62)(H,49,63)(H,50,58)(H,51,69)(H,52,67)(H,53,64)(H,54,68)(H,55,65)(H,56,66). The number of carbonyl (C=O) groups is 12. The summed E-state index contributed by atoms with van der Waals surface area (Å²) < 4.78 is 0. The fraction of sp³-hybridized carbons (Fsp3) is 0.600. The van der Waals surface area contributed by atoms with Crippen LogP contribution in [0.5, 0.6) is 5.75 Å². The van der Waals surface area contributed by atoms with Gasteiger partial charge in [0.1, 0.15) is 54.1 Å². The van der Waals surface area contributed by atoms with Crippen molar-refractivity contribution < 1.29 is 62.6 Å². The van der Waals surface area contributed by atoms with Crippen LogP contribution < -0.4 is 59.7 Å². The number of primary amides is 3. The van der Waals surface area contributed by atoms with Crippen LogP contribution in [0.2, 0.25) is 0 Å². The zero-order chi connectivity index (χ0) is 53.8. The molecule has 2 heterocycles. The summed E-state index contributed by atoms with van der Waals surface area (Å²) in [5.41, 5.74) is 16.6. The van der Waals surface area contributed by atoms with E-state index >= 15 is 0 Å². The van der Waals surface area contributed by atoms with Gasteiger partial charge in [0, 0.05) is 37.8 Å². The summed E-state index contributed by atoms with van der Waals surface area (Å²) in [5.74, 6) is -11.5. The molecular formula is C45H68N12O13S2. The molecule has 9 atom stereocenters. The Morgan fingerprint density at radius 1 is 0.778 bits per heavy atom. The molecule has 0 aromatic heterocycles. The van der Waals surface area contributed by atoms with E-state index in [-0.39, 0.29) is 49.0 Å². The number of nitrogens with zero attached hydrogens (tertiary/aromatic N) is 1. The molecule has 398 valence electrons. The van der Waals surface area contributed by atoms with Crippen LogP contribution in [0, 0.1) is 11.8 Å². The largest absolute Gasteiger partial charge is 0.508 e. The maximum atomic E-state index is 14.6. The van der Waals surface area contributed by atoms with Gasteiger partial charge in [0.05, 0.1) is 13.0 Å². The van der Waals surface area contributed by atoms with Crippen LogP contribution in [-0.4, -0.2) is 154 Å². The Kier molecular flexibility index (Phi) is 24.0. The van der Waals surface area contributed by atoms with Crippen molar-refractivity contribution in [2.45, 2.75) is 134 Å². The first kappa shape index (κ1) is 59.7. The van der Waals surface area contributed by atoms with E-state index in [1.54, 1.807) is 27.7 Å². The van der Waals surface area contributed by atoms with Crippen molar-refractivity contribution in [3.63, 3.8) is 0 Å². The Balaban J connectivity index is 2.12. The van der Waals surface area contributed by atoms with Crippen molar-refractivity contribution in [3.8, 4) is 5.75 Å². The minimum Gasteiger partial charge on any atom is -0.508 e. The molecule has 0 radical (unpaired) electrons. The van der Waals surface area contributed by atoms with E-state index in [9.17, 15) is 62.6 Å². The third-order valence-corrected chi connectivity index (χ3v) is 14.1. The fourth-order valence-corrected chi connectivity index (χ4v) is 10.0. The predicted molar refractivity (Wildman–Crippen MR) is 264 cm³/mol. The minimum absolute atomic E-state index is 0.0216. The molecule has 9 unspecified atom stereocenters. The van der Waals surface area contributed by atoms with Gasteiger partial charge in [0.25, 0.3) is 0 Å². The smallest absolute Gasteiger partial charge is 0.246 e. The number of likely N-dealkylation sites (tertiary alicyclic amines) is 1. The van der Waals surface area contributed by atoms with Gasteiger partial charge in [-0.05, 0) is 55.2 Å². The highest BCUT2D eigenvalue weighted by molar-refractivity contribution is 8.76. The topological polar surface area (TPSA) is 403 Å². The second-order valence-electron chi connectivity index (χ2n) is 18.0. The lowest BCUT2D eigenvalue weighted by atomic mass is 9.96. The van der Waals surface area contributed by atoms with Gasteiger partial charge in [-0.25, -0.2) is 0 Å². The van der Waals surface area contributed by atoms with Gasteiger partial charge in [-0.1, -0.05) is 67.8 Å². The van der Waals surface area contributed by atoms with Crippen LogP contribution in [0.15, 0.2) is 24.3 Å². The predicted octanol–water partition coefficient (Wildman–Crippen LogP) is -3.43. The number of nitrogens with one attached hydrogen (secondary N) is 8. The van der Waals surface area contributed by atoms with E-state index in [0.717, 1.165) is 21.6 Å². The second kappa shape index (κ2) is 29.0. The molecule has 2 saturated heterocycles. The summed E-state index contributed by atoms with van der Waals surface area (Å²) in [6, 6.07) is -5.48. The molecule has 1 aromatic carbocycles. The number of benzene rings is 1. The second-order valence-corrected chi connectivity index (χ2v) is 20.6. The normalized spacial score (nSPS) is 23.7. The summed E-state index contributed by atoms with van der Waals surface area (Å²) in [5, 5.41) is 30.3. The number of phenolic OH excluding ortho intramolecular Hbond substituents is 1. The number of hydrogen-bond acceptors (Lipinski definition) is 15. The van der Waals surface area contributed by atoms with Crippen molar-refractivity contribution in [3.05, 3.63) is 29.8 Å². The first-order valence-corrected chi connectivity index (χ1v) is 25.9. The van der Waals surface area contributed by atoms with Gasteiger partial charge in [0.15, 0.2) is 0 Å². The van der Waals surface area contributed by atoms with E-state index in [4.69, 9.17) is 17.2 Å². The summed E-state index contributed by atoms with van der Waals surface area (Å²) >= 11 is 0. The molecule has 1 aromatic rings. The van der Waals surface area contributed by atoms with Gasteiger partial charge in [0.2, 0.25) is 70.9 Å². The first-order chi connectivity index (χ1) is 33.9. The molecule has 72 heavy (non-hydrogen) atoms. The average Bonchev–Trinajstić information content (AvgIpc) is 3.81. The van der Waals surface area contributed by atoms with E-state index < -0.39 is 151 Å². The van der Waals surface area contributed by atoms with E-state index in [1.807, 2.05) is 0 Å². The molecule has 0 bridgehead atoms. The van der Waals surface area contributed by atoms with Crippen molar-refractivity contribution in [1.29, 1.82) is 0 Å². The molecule has 0 saturated carbocycles. The molecule has 0 spiro atoms. The molecule has 2 aliphatic heterocycles. The number of nitrogens with two attached hydrogens (primary N) is 3. The lowest BCUT2D eigenvalue weighted by Gasteiger charge is -2.31. The third-order valence-electron chi connectivity index (χ3n) is 11.6. The molecule has 3 rings (SSSR count). The fourth-order valence-electron chi connectivity index (χ4n) is 7.68. The van der Waals surface area contributed by atoms with Crippen LogP contribution >= 0.6 is 21.6 Å². The number of carbonyl (C=O) groups excluding carboxylic acids is 12. The highest BCUT2D eigenvalue weighted by Crippen LogP contribution is 2.26. The lowest BCUT2D eigenvalue weighted by molar-refractivity contribution is -0.142. The van der Waals surface area contributed by atoms with Gasteiger partial charge < -0.3 is 69.7 Å². The first-order valence-electron chi connectivity index (χ1n) is 23.4.